The van der Waals surface area contributed by atoms with Crippen LogP contribution in [0.15, 0.2) is 41.4 Å². The van der Waals surface area contributed by atoms with Crippen LogP contribution in [-0.2, 0) is 0 Å². The van der Waals surface area contributed by atoms with Crippen molar-refractivity contribution in [2.24, 2.45) is 0 Å². The van der Waals surface area contributed by atoms with Crippen LogP contribution in [0.3, 0.4) is 0 Å². The molecule has 1 N–H and O–H groups in total. The SMILES string of the molecule is O=C(NCCCSc1ccc(F)cc1)c1cnc(Cl)c(Cl)c1. The molecular formula is C15H13Cl2FN2OS. The van der Waals surface area contributed by atoms with E-state index in [0.717, 1.165) is 17.1 Å². The lowest BCUT2D eigenvalue weighted by atomic mass is 10.2. The number of amides is 1. The summed E-state index contributed by atoms with van der Waals surface area (Å²) in [5.41, 5.74) is 0.376. The van der Waals surface area contributed by atoms with Crippen molar-refractivity contribution in [3.8, 4) is 0 Å². The number of carbonyl (C=O) groups excluding carboxylic acids is 1. The second kappa shape index (κ2) is 8.36. The van der Waals surface area contributed by atoms with E-state index in [2.05, 4.69) is 10.3 Å². The highest BCUT2D eigenvalue weighted by molar-refractivity contribution is 7.99. The predicted molar refractivity (Wildman–Crippen MR) is 88.3 cm³/mol. The Labute approximate surface area is 142 Å². The van der Waals surface area contributed by atoms with Crippen LogP contribution < -0.4 is 5.32 Å². The van der Waals surface area contributed by atoms with E-state index in [1.54, 1.807) is 23.9 Å². The minimum Gasteiger partial charge on any atom is -0.352 e. The molecule has 1 amide bonds. The molecule has 0 aliphatic heterocycles. The Morgan fingerprint density at radius 1 is 1.27 bits per heavy atom. The van der Waals surface area contributed by atoms with Gasteiger partial charge in [0.15, 0.2) is 0 Å². The van der Waals surface area contributed by atoms with Gasteiger partial charge in [-0.25, -0.2) is 9.37 Å². The summed E-state index contributed by atoms with van der Waals surface area (Å²) in [7, 11) is 0. The van der Waals surface area contributed by atoms with Gasteiger partial charge in [-0.05, 0) is 42.5 Å². The van der Waals surface area contributed by atoms with Crippen LogP contribution in [-0.4, -0.2) is 23.2 Å². The fourth-order valence-electron chi connectivity index (χ4n) is 1.64. The quantitative estimate of drug-likeness (QED) is 0.471. The monoisotopic (exact) mass is 358 g/mol. The fourth-order valence-corrected chi connectivity index (χ4v) is 2.76. The Morgan fingerprint density at radius 3 is 2.68 bits per heavy atom. The maximum atomic E-state index is 12.8. The lowest BCUT2D eigenvalue weighted by Gasteiger charge is -2.06. The molecule has 0 saturated heterocycles. The van der Waals surface area contributed by atoms with Crippen molar-refractivity contribution in [3.63, 3.8) is 0 Å². The number of rotatable bonds is 6. The van der Waals surface area contributed by atoms with Crippen molar-refractivity contribution in [1.29, 1.82) is 0 Å². The van der Waals surface area contributed by atoms with Crippen LogP contribution in [0.2, 0.25) is 10.2 Å². The number of carbonyl (C=O) groups is 1. The molecule has 1 heterocycles. The Balaban J connectivity index is 1.70. The molecule has 0 atom stereocenters. The Morgan fingerprint density at radius 2 is 2.00 bits per heavy atom. The molecule has 0 spiro atoms. The number of benzene rings is 1. The average Bonchev–Trinajstić information content (AvgIpc) is 2.51. The maximum Gasteiger partial charge on any atom is 0.252 e. The first-order valence-corrected chi connectivity index (χ1v) is 8.28. The van der Waals surface area contributed by atoms with Crippen molar-refractivity contribution >= 4 is 40.9 Å². The van der Waals surface area contributed by atoms with Gasteiger partial charge in [-0.1, -0.05) is 23.2 Å². The highest BCUT2D eigenvalue weighted by Gasteiger charge is 2.08. The lowest BCUT2D eigenvalue weighted by molar-refractivity contribution is 0.0953. The molecule has 0 bridgehead atoms. The summed E-state index contributed by atoms with van der Waals surface area (Å²) in [6.07, 6.45) is 2.18. The first-order valence-electron chi connectivity index (χ1n) is 6.54. The number of hydrogen-bond acceptors (Lipinski definition) is 3. The summed E-state index contributed by atoms with van der Waals surface area (Å²) in [4.78, 5) is 16.7. The predicted octanol–water partition coefficient (Wildman–Crippen LogP) is 4.44. The first-order chi connectivity index (χ1) is 10.6. The molecule has 22 heavy (non-hydrogen) atoms. The number of halogens is 3. The summed E-state index contributed by atoms with van der Waals surface area (Å²) in [6, 6.07) is 7.82. The van der Waals surface area contributed by atoms with Crippen LogP contribution in [0, 0.1) is 5.82 Å². The number of thioether (sulfide) groups is 1. The van der Waals surface area contributed by atoms with E-state index >= 15 is 0 Å². The van der Waals surface area contributed by atoms with Crippen molar-refractivity contribution in [1.82, 2.24) is 10.3 Å². The Bertz CT molecular complexity index is 652. The Kier molecular flexibility index (Phi) is 6.49. The fraction of sp³-hybridized carbons (Fsp3) is 0.200. The molecule has 1 aromatic carbocycles. The van der Waals surface area contributed by atoms with E-state index in [1.807, 2.05) is 0 Å². The molecular weight excluding hydrogens is 346 g/mol. The van der Waals surface area contributed by atoms with Gasteiger partial charge in [0.05, 0.1) is 10.6 Å². The maximum absolute atomic E-state index is 12.8. The molecule has 7 heteroatoms. The van der Waals surface area contributed by atoms with E-state index in [4.69, 9.17) is 23.2 Å². The first kappa shape index (κ1) is 17.1. The third-order valence-electron chi connectivity index (χ3n) is 2.75. The topological polar surface area (TPSA) is 42.0 Å². The van der Waals surface area contributed by atoms with Crippen molar-refractivity contribution < 1.29 is 9.18 Å². The van der Waals surface area contributed by atoms with Gasteiger partial charge in [-0.15, -0.1) is 11.8 Å². The largest absolute Gasteiger partial charge is 0.352 e. The van der Waals surface area contributed by atoms with Gasteiger partial charge in [0.2, 0.25) is 0 Å². The number of aromatic nitrogens is 1. The summed E-state index contributed by atoms with van der Waals surface area (Å²) < 4.78 is 12.8. The van der Waals surface area contributed by atoms with Crippen LogP contribution >= 0.6 is 35.0 Å². The zero-order valence-corrected chi connectivity index (χ0v) is 13.8. The van der Waals surface area contributed by atoms with E-state index in [1.165, 1.54) is 24.4 Å². The Hall–Kier alpha value is -1.30. The van der Waals surface area contributed by atoms with Crippen molar-refractivity contribution in [2.75, 3.05) is 12.3 Å². The van der Waals surface area contributed by atoms with Gasteiger partial charge in [0.25, 0.3) is 5.91 Å². The minimum atomic E-state index is -0.244. The number of nitrogens with one attached hydrogen (secondary N) is 1. The van der Waals surface area contributed by atoms with Crippen molar-refractivity contribution in [3.05, 3.63) is 58.1 Å². The van der Waals surface area contributed by atoms with Crippen LogP contribution in [0.1, 0.15) is 16.8 Å². The van der Waals surface area contributed by atoms with Crippen LogP contribution in [0.5, 0.6) is 0 Å². The molecule has 2 rings (SSSR count). The third kappa shape index (κ3) is 5.16. The molecule has 116 valence electrons. The smallest absolute Gasteiger partial charge is 0.252 e. The average molecular weight is 359 g/mol. The van der Waals surface area contributed by atoms with Crippen molar-refractivity contribution in [2.45, 2.75) is 11.3 Å². The van der Waals surface area contributed by atoms with Gasteiger partial charge in [0.1, 0.15) is 11.0 Å². The zero-order chi connectivity index (χ0) is 15.9. The van der Waals surface area contributed by atoms with E-state index in [9.17, 15) is 9.18 Å². The summed E-state index contributed by atoms with van der Waals surface area (Å²) in [5, 5.41) is 3.21. The zero-order valence-electron chi connectivity index (χ0n) is 11.5. The second-order valence-electron chi connectivity index (χ2n) is 4.41. The van der Waals surface area contributed by atoms with Crippen LogP contribution in [0.4, 0.5) is 4.39 Å². The van der Waals surface area contributed by atoms with Gasteiger partial charge in [-0.3, -0.25) is 4.79 Å². The highest BCUT2D eigenvalue weighted by Crippen LogP contribution is 2.20. The van der Waals surface area contributed by atoms with Gasteiger partial charge < -0.3 is 5.32 Å². The molecule has 0 saturated carbocycles. The van der Waals surface area contributed by atoms with E-state index in [-0.39, 0.29) is 21.9 Å². The number of hydrogen-bond donors (Lipinski definition) is 1. The summed E-state index contributed by atoms with van der Waals surface area (Å²) in [5.74, 6) is 0.343. The molecule has 1 aromatic heterocycles. The van der Waals surface area contributed by atoms with Crippen LogP contribution in [0.25, 0.3) is 0 Å². The van der Waals surface area contributed by atoms with Gasteiger partial charge in [-0.2, -0.15) is 0 Å². The van der Waals surface area contributed by atoms with Gasteiger partial charge in [0, 0.05) is 17.6 Å². The molecule has 0 fully saturated rings. The molecule has 2 aromatic rings. The lowest BCUT2D eigenvalue weighted by Crippen LogP contribution is -2.24. The van der Waals surface area contributed by atoms with E-state index < -0.39 is 0 Å². The number of nitrogens with zero attached hydrogens (tertiary/aromatic N) is 1. The number of pyridine rings is 1. The molecule has 0 aliphatic rings. The highest BCUT2D eigenvalue weighted by atomic mass is 35.5. The minimum absolute atomic E-state index is 0.175. The normalized spacial score (nSPS) is 10.5. The molecule has 0 radical (unpaired) electrons. The summed E-state index contributed by atoms with van der Waals surface area (Å²) >= 11 is 13.1. The second-order valence-corrected chi connectivity index (χ2v) is 6.34. The van der Waals surface area contributed by atoms with E-state index in [0.29, 0.717) is 12.1 Å². The molecule has 0 unspecified atom stereocenters. The third-order valence-corrected chi connectivity index (χ3v) is 4.53. The molecule has 3 nitrogen and oxygen atoms in total. The molecule has 0 aliphatic carbocycles. The summed E-state index contributed by atoms with van der Waals surface area (Å²) in [6.45, 7) is 0.535. The van der Waals surface area contributed by atoms with Gasteiger partial charge >= 0.3 is 0 Å². The standard InChI is InChI=1S/C15H13Cl2FN2OS/c16-13-8-10(9-20-14(13)17)15(21)19-6-1-7-22-12-4-2-11(18)3-5-12/h2-5,8-9H,1,6-7H2,(H,19,21).